The molecule has 1 aliphatic heterocycles. The summed E-state index contributed by atoms with van der Waals surface area (Å²) in [6.07, 6.45) is 3.14. The number of ether oxygens (including phenoxy) is 1. The van der Waals surface area contributed by atoms with E-state index in [1.165, 1.54) is 0 Å². The first-order chi connectivity index (χ1) is 9.64. The van der Waals surface area contributed by atoms with Gasteiger partial charge >= 0.3 is 5.97 Å². The first-order valence-corrected chi connectivity index (χ1v) is 7.26. The lowest BCUT2D eigenvalue weighted by Gasteiger charge is -2.36. The van der Waals surface area contributed by atoms with Crippen LogP contribution < -0.4 is 0 Å². The van der Waals surface area contributed by atoms with Gasteiger partial charge in [0.15, 0.2) is 5.60 Å². The zero-order chi connectivity index (χ0) is 14.6. The Balaban J connectivity index is 2.35. The van der Waals surface area contributed by atoms with Crippen molar-refractivity contribution in [2.24, 2.45) is 0 Å². The Bertz CT molecular complexity index is 471. The molecule has 0 spiro atoms. The summed E-state index contributed by atoms with van der Waals surface area (Å²) in [5, 5.41) is 0. The number of nitrogens with zero attached hydrogens (tertiary/aromatic N) is 1. The average Bonchev–Trinajstić information content (AvgIpc) is 2.79. The quantitative estimate of drug-likeness (QED) is 0.610. The summed E-state index contributed by atoms with van der Waals surface area (Å²) in [6, 6.07) is 10.2. The molecule has 1 fully saturated rings. The lowest BCUT2D eigenvalue weighted by atomic mass is 9.87. The van der Waals surface area contributed by atoms with E-state index in [2.05, 4.69) is 30.5 Å². The van der Waals surface area contributed by atoms with Gasteiger partial charge in [-0.2, -0.15) is 0 Å². The lowest BCUT2D eigenvalue weighted by Crippen LogP contribution is -2.43. The van der Waals surface area contributed by atoms with Gasteiger partial charge in [-0.3, -0.25) is 9.69 Å². The summed E-state index contributed by atoms with van der Waals surface area (Å²) in [4.78, 5) is 14.2. The normalized spacial score (nSPS) is 26.4. The van der Waals surface area contributed by atoms with Gasteiger partial charge in [-0.1, -0.05) is 43.3 Å². The smallest absolute Gasteiger partial charge is 0.306 e. The number of carbonyl (C=O) groups excluding carboxylic acids is 1. The highest BCUT2D eigenvalue weighted by Crippen LogP contribution is 2.41. The molecule has 0 saturated carbocycles. The van der Waals surface area contributed by atoms with Crippen LogP contribution >= 0.6 is 0 Å². The van der Waals surface area contributed by atoms with Crippen molar-refractivity contribution in [3.8, 4) is 0 Å². The van der Waals surface area contributed by atoms with Gasteiger partial charge in [0, 0.05) is 25.9 Å². The summed E-state index contributed by atoms with van der Waals surface area (Å²) >= 11 is 0. The molecule has 1 saturated heterocycles. The van der Waals surface area contributed by atoms with E-state index < -0.39 is 5.60 Å². The van der Waals surface area contributed by atoms with Gasteiger partial charge in [-0.05, 0) is 12.5 Å². The molecule has 1 aliphatic rings. The van der Waals surface area contributed by atoms with E-state index in [1.54, 1.807) is 0 Å². The fourth-order valence-corrected chi connectivity index (χ4v) is 3.00. The molecule has 0 N–H and O–H groups in total. The number of esters is 1. The van der Waals surface area contributed by atoms with Gasteiger partial charge in [0.2, 0.25) is 0 Å². The molecule has 0 amide bonds. The molecular weight excluding hydrogens is 250 g/mol. The minimum absolute atomic E-state index is 0.138. The van der Waals surface area contributed by atoms with Crippen LogP contribution in [-0.4, -0.2) is 30.0 Å². The van der Waals surface area contributed by atoms with Crippen molar-refractivity contribution in [2.75, 3.05) is 13.1 Å². The summed E-state index contributed by atoms with van der Waals surface area (Å²) in [7, 11) is 0. The van der Waals surface area contributed by atoms with E-state index in [-0.39, 0.29) is 12.0 Å². The molecule has 1 heterocycles. The molecule has 108 valence electrons. The maximum atomic E-state index is 11.9. The zero-order valence-corrected chi connectivity index (χ0v) is 12.3. The number of benzene rings is 1. The van der Waals surface area contributed by atoms with Crippen LogP contribution in [0.25, 0.3) is 0 Å². The monoisotopic (exact) mass is 273 g/mol. The molecule has 1 aromatic carbocycles. The van der Waals surface area contributed by atoms with Crippen LogP contribution in [0.15, 0.2) is 43.0 Å². The van der Waals surface area contributed by atoms with Crippen molar-refractivity contribution in [3.63, 3.8) is 0 Å². The van der Waals surface area contributed by atoms with Gasteiger partial charge in [-0.25, -0.2) is 0 Å². The van der Waals surface area contributed by atoms with E-state index in [9.17, 15) is 4.79 Å². The van der Waals surface area contributed by atoms with Gasteiger partial charge in [0.25, 0.3) is 0 Å². The predicted molar refractivity (Wildman–Crippen MR) is 80.4 cm³/mol. The van der Waals surface area contributed by atoms with Crippen molar-refractivity contribution in [1.82, 2.24) is 4.90 Å². The third kappa shape index (κ3) is 2.63. The maximum absolute atomic E-state index is 11.9. The Morgan fingerprint density at radius 1 is 1.50 bits per heavy atom. The van der Waals surface area contributed by atoms with Crippen molar-refractivity contribution in [2.45, 2.75) is 38.3 Å². The minimum atomic E-state index is -0.530. The van der Waals surface area contributed by atoms with Crippen LogP contribution in [0.3, 0.4) is 0 Å². The second-order valence-electron chi connectivity index (χ2n) is 5.29. The van der Waals surface area contributed by atoms with Gasteiger partial charge in [-0.15, -0.1) is 6.58 Å². The molecule has 0 aromatic heterocycles. The summed E-state index contributed by atoms with van der Waals surface area (Å²) in [5.74, 6) is -0.138. The van der Waals surface area contributed by atoms with Crippen molar-refractivity contribution in [3.05, 3.63) is 48.6 Å². The first-order valence-electron chi connectivity index (χ1n) is 7.26. The second-order valence-corrected chi connectivity index (χ2v) is 5.29. The zero-order valence-electron chi connectivity index (χ0n) is 12.3. The van der Waals surface area contributed by atoms with Crippen molar-refractivity contribution in [1.29, 1.82) is 0 Å². The number of hydrogen-bond donors (Lipinski definition) is 0. The second kappa shape index (κ2) is 6.23. The van der Waals surface area contributed by atoms with Crippen LogP contribution in [0.2, 0.25) is 0 Å². The van der Waals surface area contributed by atoms with Gasteiger partial charge in [0.05, 0.1) is 6.04 Å². The van der Waals surface area contributed by atoms with Crippen LogP contribution in [0.1, 0.15) is 32.3 Å². The fraction of sp³-hybridized carbons (Fsp3) is 0.471. The molecule has 0 unspecified atom stereocenters. The number of hydrogen-bond acceptors (Lipinski definition) is 3. The fourth-order valence-electron chi connectivity index (χ4n) is 3.00. The predicted octanol–water partition coefficient (Wildman–Crippen LogP) is 3.12. The molecule has 0 radical (unpaired) electrons. The van der Waals surface area contributed by atoms with Crippen LogP contribution in [0.4, 0.5) is 0 Å². The highest BCUT2D eigenvalue weighted by molar-refractivity contribution is 5.70. The molecule has 2 rings (SSSR count). The Morgan fingerprint density at radius 2 is 2.20 bits per heavy atom. The van der Waals surface area contributed by atoms with Gasteiger partial charge in [0.1, 0.15) is 0 Å². The number of carbonyl (C=O) groups is 1. The highest BCUT2D eigenvalue weighted by atomic mass is 16.6. The van der Waals surface area contributed by atoms with Gasteiger partial charge < -0.3 is 4.74 Å². The molecule has 0 bridgehead atoms. The lowest BCUT2D eigenvalue weighted by molar-refractivity contribution is -0.163. The van der Waals surface area contributed by atoms with E-state index in [0.29, 0.717) is 6.42 Å². The number of likely N-dealkylation sites (tertiary alicyclic amines) is 1. The first kappa shape index (κ1) is 14.8. The maximum Gasteiger partial charge on any atom is 0.306 e. The van der Waals surface area contributed by atoms with Crippen LogP contribution in [0.5, 0.6) is 0 Å². The Hall–Kier alpha value is -1.61. The SMILES string of the molecule is C=CCN1CC[C@@](OC(=O)CC)(c2ccccc2)[C@H]1C. The van der Waals surface area contributed by atoms with E-state index >= 15 is 0 Å². The van der Waals surface area contributed by atoms with E-state index in [1.807, 2.05) is 31.2 Å². The molecule has 20 heavy (non-hydrogen) atoms. The molecule has 0 aliphatic carbocycles. The molecular formula is C17H23NO2. The minimum Gasteiger partial charge on any atom is -0.452 e. The largest absolute Gasteiger partial charge is 0.452 e. The third-order valence-corrected chi connectivity index (χ3v) is 4.20. The molecule has 2 atom stereocenters. The topological polar surface area (TPSA) is 29.5 Å². The summed E-state index contributed by atoms with van der Waals surface area (Å²) in [6.45, 7) is 9.51. The van der Waals surface area contributed by atoms with E-state index in [4.69, 9.17) is 4.74 Å². The third-order valence-electron chi connectivity index (χ3n) is 4.20. The highest BCUT2D eigenvalue weighted by Gasteiger charge is 2.48. The molecule has 3 nitrogen and oxygen atoms in total. The van der Waals surface area contributed by atoms with Crippen molar-refractivity contribution >= 4 is 5.97 Å². The van der Waals surface area contributed by atoms with E-state index in [0.717, 1.165) is 25.1 Å². The Morgan fingerprint density at radius 3 is 2.80 bits per heavy atom. The molecule has 3 heteroatoms. The van der Waals surface area contributed by atoms with Crippen molar-refractivity contribution < 1.29 is 9.53 Å². The van der Waals surface area contributed by atoms with Crippen LogP contribution in [0, 0.1) is 0 Å². The molecule has 1 aromatic rings. The van der Waals surface area contributed by atoms with Crippen LogP contribution in [-0.2, 0) is 15.1 Å². The Kier molecular flexibility index (Phi) is 4.61. The summed E-state index contributed by atoms with van der Waals surface area (Å²) < 4.78 is 5.91. The Labute approximate surface area is 121 Å². The standard InChI is InChI=1S/C17H23NO2/c1-4-12-18-13-11-17(14(18)3,20-16(19)5-2)15-9-7-6-8-10-15/h4,6-10,14H,1,5,11-13H2,2-3H3/t14-,17+/m1/s1. The number of rotatable bonds is 5. The summed E-state index contributed by atoms with van der Waals surface area (Å²) in [5.41, 5.74) is 0.554. The average molecular weight is 273 g/mol.